The van der Waals surface area contributed by atoms with E-state index in [1.807, 2.05) is 25.1 Å². The van der Waals surface area contributed by atoms with Gasteiger partial charge >= 0.3 is 0 Å². The molecule has 2 aromatic heterocycles. The van der Waals surface area contributed by atoms with Gasteiger partial charge < -0.3 is 14.8 Å². The highest BCUT2D eigenvalue weighted by Crippen LogP contribution is 2.17. The van der Waals surface area contributed by atoms with Crippen LogP contribution in [0.15, 0.2) is 35.4 Å². The van der Waals surface area contributed by atoms with Gasteiger partial charge in [0, 0.05) is 44.3 Å². The molecule has 6 heteroatoms. The molecule has 6 nitrogen and oxygen atoms in total. The van der Waals surface area contributed by atoms with Gasteiger partial charge in [-0.3, -0.25) is 4.79 Å². The molecule has 3 rings (SSSR count). The van der Waals surface area contributed by atoms with Crippen molar-refractivity contribution < 1.29 is 0 Å². The topological polar surface area (TPSA) is 63.1 Å². The van der Waals surface area contributed by atoms with E-state index in [0.29, 0.717) is 5.82 Å². The maximum atomic E-state index is 12.2. The van der Waals surface area contributed by atoms with Gasteiger partial charge in [-0.05, 0) is 31.9 Å². The van der Waals surface area contributed by atoms with Crippen LogP contribution in [0.5, 0.6) is 0 Å². The Morgan fingerprint density at radius 3 is 3.05 bits per heavy atom. The number of hydrogen-bond acceptors (Lipinski definition) is 5. The van der Waals surface area contributed by atoms with Gasteiger partial charge in [0.05, 0.1) is 0 Å². The van der Waals surface area contributed by atoms with Crippen LogP contribution in [0, 0.1) is 6.92 Å². The van der Waals surface area contributed by atoms with Crippen molar-refractivity contribution in [2.45, 2.75) is 25.8 Å². The van der Waals surface area contributed by atoms with Crippen molar-refractivity contribution in [3.63, 3.8) is 0 Å². The fourth-order valence-electron chi connectivity index (χ4n) is 2.82. The molecule has 0 amide bonds. The molecule has 0 aliphatic carbocycles. The first-order valence-electron chi connectivity index (χ1n) is 7.60. The second-order valence-corrected chi connectivity index (χ2v) is 5.76. The highest BCUT2D eigenvalue weighted by atomic mass is 16.1. The van der Waals surface area contributed by atoms with Crippen LogP contribution < -0.4 is 15.8 Å². The Labute approximate surface area is 129 Å². The van der Waals surface area contributed by atoms with Crippen LogP contribution >= 0.6 is 0 Å². The molecule has 1 aliphatic heterocycles. The third-order valence-corrected chi connectivity index (χ3v) is 3.96. The second-order valence-electron chi connectivity index (χ2n) is 5.76. The van der Waals surface area contributed by atoms with Crippen molar-refractivity contribution >= 4 is 11.6 Å². The molecule has 3 heterocycles. The molecule has 0 spiro atoms. The molecular weight excluding hydrogens is 278 g/mol. The van der Waals surface area contributed by atoms with E-state index in [-0.39, 0.29) is 11.6 Å². The Bertz CT molecular complexity index is 712. The Morgan fingerprint density at radius 2 is 2.23 bits per heavy atom. The number of rotatable bonds is 3. The Hall–Kier alpha value is -2.37. The van der Waals surface area contributed by atoms with Crippen LogP contribution in [0.2, 0.25) is 0 Å². The Balaban J connectivity index is 1.74. The van der Waals surface area contributed by atoms with Crippen molar-refractivity contribution in [2.75, 3.05) is 23.3 Å². The third kappa shape index (κ3) is 3.10. The summed E-state index contributed by atoms with van der Waals surface area (Å²) in [7, 11) is 1.75. The normalized spacial score (nSPS) is 18.3. The lowest BCUT2D eigenvalue weighted by molar-refractivity contribution is 0.522. The van der Waals surface area contributed by atoms with Crippen molar-refractivity contribution in [1.29, 1.82) is 0 Å². The van der Waals surface area contributed by atoms with Gasteiger partial charge in [-0.25, -0.2) is 9.97 Å². The Morgan fingerprint density at radius 1 is 1.36 bits per heavy atom. The highest BCUT2D eigenvalue weighted by molar-refractivity contribution is 5.40. The van der Waals surface area contributed by atoms with Gasteiger partial charge in [0.15, 0.2) is 5.82 Å². The van der Waals surface area contributed by atoms with Crippen LogP contribution in [0.3, 0.4) is 0 Å². The largest absolute Gasteiger partial charge is 0.366 e. The van der Waals surface area contributed by atoms with Crippen molar-refractivity contribution in [3.05, 3.63) is 46.6 Å². The molecule has 116 valence electrons. The first-order valence-corrected chi connectivity index (χ1v) is 7.60. The number of nitrogens with one attached hydrogen (secondary N) is 1. The lowest BCUT2D eigenvalue weighted by Crippen LogP contribution is -2.45. The maximum absolute atomic E-state index is 12.2. The molecule has 22 heavy (non-hydrogen) atoms. The summed E-state index contributed by atoms with van der Waals surface area (Å²) in [4.78, 5) is 23.0. The summed E-state index contributed by atoms with van der Waals surface area (Å²) >= 11 is 0. The minimum Gasteiger partial charge on any atom is -0.366 e. The van der Waals surface area contributed by atoms with E-state index in [1.165, 1.54) is 0 Å². The molecule has 1 saturated heterocycles. The molecule has 0 aromatic carbocycles. The minimum absolute atomic E-state index is 0.0446. The molecule has 1 fully saturated rings. The van der Waals surface area contributed by atoms with Crippen LogP contribution in [0.4, 0.5) is 11.6 Å². The molecule has 1 atom stereocenters. The number of anilines is 2. The number of aromatic nitrogens is 3. The predicted octanol–water partition coefficient (Wildman–Crippen LogP) is 1.56. The van der Waals surface area contributed by atoms with Crippen LogP contribution in [0.25, 0.3) is 0 Å². The molecular formula is C16H21N5O. The van der Waals surface area contributed by atoms with Crippen molar-refractivity contribution in [3.8, 4) is 0 Å². The zero-order valence-corrected chi connectivity index (χ0v) is 13.0. The van der Waals surface area contributed by atoms with Gasteiger partial charge in [-0.1, -0.05) is 6.07 Å². The minimum atomic E-state index is -0.0446. The summed E-state index contributed by atoms with van der Waals surface area (Å²) < 4.78 is 1.57. The van der Waals surface area contributed by atoms with E-state index in [4.69, 9.17) is 0 Å². The lowest BCUT2D eigenvalue weighted by atomic mass is 10.1. The fourth-order valence-corrected chi connectivity index (χ4v) is 2.82. The summed E-state index contributed by atoms with van der Waals surface area (Å²) in [6.07, 6.45) is 5.46. The quantitative estimate of drug-likeness (QED) is 0.932. The molecule has 2 aromatic rings. The Kier molecular flexibility index (Phi) is 4.09. The number of nitrogens with zero attached hydrogens (tertiary/aromatic N) is 4. The van der Waals surface area contributed by atoms with E-state index < -0.39 is 0 Å². The predicted molar refractivity (Wildman–Crippen MR) is 87.3 cm³/mol. The number of aryl methyl sites for hydroxylation is 2. The van der Waals surface area contributed by atoms with Gasteiger partial charge in [0.2, 0.25) is 0 Å². The average Bonchev–Trinajstić information content (AvgIpc) is 2.50. The zero-order chi connectivity index (χ0) is 15.5. The lowest BCUT2D eigenvalue weighted by Gasteiger charge is -2.33. The maximum Gasteiger partial charge on any atom is 0.293 e. The standard InChI is InChI=1S/C16H21N5O/c1-12-5-3-7-14(18-12)19-13-6-4-9-21(11-13)15-16(22)20(2)10-8-17-15/h3,5,7-8,10,13H,4,6,9,11H2,1-2H3,(H,18,19). The molecule has 1 unspecified atom stereocenters. The molecule has 0 saturated carbocycles. The van der Waals surface area contributed by atoms with E-state index in [2.05, 4.69) is 20.2 Å². The average molecular weight is 299 g/mol. The van der Waals surface area contributed by atoms with Crippen LogP contribution in [0.1, 0.15) is 18.5 Å². The number of hydrogen-bond donors (Lipinski definition) is 1. The van der Waals surface area contributed by atoms with E-state index in [0.717, 1.165) is 37.4 Å². The van der Waals surface area contributed by atoms with Crippen LogP contribution in [-0.4, -0.2) is 33.7 Å². The van der Waals surface area contributed by atoms with Gasteiger partial charge in [-0.2, -0.15) is 0 Å². The smallest absolute Gasteiger partial charge is 0.293 e. The van der Waals surface area contributed by atoms with Gasteiger partial charge in [-0.15, -0.1) is 0 Å². The third-order valence-electron chi connectivity index (χ3n) is 3.96. The molecule has 1 aliphatic rings. The molecule has 1 N–H and O–H groups in total. The summed E-state index contributed by atoms with van der Waals surface area (Å²) in [6.45, 7) is 3.61. The summed E-state index contributed by atoms with van der Waals surface area (Å²) in [5.74, 6) is 1.43. The van der Waals surface area contributed by atoms with E-state index in [9.17, 15) is 4.79 Å². The van der Waals surface area contributed by atoms with E-state index >= 15 is 0 Å². The van der Waals surface area contributed by atoms with E-state index in [1.54, 1.807) is 24.0 Å². The number of pyridine rings is 1. The molecule has 0 bridgehead atoms. The SMILES string of the molecule is Cc1cccc(NC2CCCN(c3nccn(C)c3=O)C2)n1. The summed E-state index contributed by atoms with van der Waals surface area (Å²) in [5.41, 5.74) is 0.952. The fraction of sp³-hybridized carbons (Fsp3) is 0.438. The molecule has 0 radical (unpaired) electrons. The van der Waals surface area contributed by atoms with Gasteiger partial charge in [0.25, 0.3) is 5.56 Å². The number of piperidine rings is 1. The van der Waals surface area contributed by atoms with Crippen molar-refractivity contribution in [1.82, 2.24) is 14.5 Å². The first kappa shape index (κ1) is 14.6. The monoisotopic (exact) mass is 299 g/mol. The van der Waals surface area contributed by atoms with Crippen molar-refractivity contribution in [2.24, 2.45) is 7.05 Å². The zero-order valence-electron chi connectivity index (χ0n) is 13.0. The first-order chi connectivity index (χ1) is 10.6. The van der Waals surface area contributed by atoms with Crippen LogP contribution in [-0.2, 0) is 7.05 Å². The highest BCUT2D eigenvalue weighted by Gasteiger charge is 2.23. The second kappa shape index (κ2) is 6.17. The summed E-state index contributed by atoms with van der Waals surface area (Å²) in [6, 6.07) is 6.23. The van der Waals surface area contributed by atoms with Gasteiger partial charge in [0.1, 0.15) is 5.82 Å². The summed E-state index contributed by atoms with van der Waals surface area (Å²) in [5, 5.41) is 3.47.